The number of carbonyl (C=O) groups excluding carboxylic acids is 1. The van der Waals surface area contributed by atoms with Crippen molar-refractivity contribution in [1.29, 1.82) is 0 Å². The molecule has 5 nitrogen and oxygen atoms in total. The highest BCUT2D eigenvalue weighted by atomic mass is 19.4. The molecule has 2 aliphatic rings. The van der Waals surface area contributed by atoms with Crippen LogP contribution in [0.5, 0.6) is 0 Å². The molecule has 2 fully saturated rings. The van der Waals surface area contributed by atoms with E-state index in [9.17, 15) is 22.4 Å². The number of hydrogen-bond acceptors (Lipinski definition) is 4. The number of piperazine rings is 1. The molecule has 0 bridgehead atoms. The molecule has 2 aliphatic heterocycles. The molecule has 1 atom stereocenters. The van der Waals surface area contributed by atoms with Gasteiger partial charge in [0.15, 0.2) is 0 Å². The maximum atomic E-state index is 13.7. The van der Waals surface area contributed by atoms with Crippen LogP contribution in [0.15, 0.2) is 18.3 Å². The third kappa shape index (κ3) is 4.46. The van der Waals surface area contributed by atoms with Crippen molar-refractivity contribution in [2.24, 2.45) is 0 Å². The van der Waals surface area contributed by atoms with Crippen LogP contribution in [-0.2, 0) is 11.3 Å². The Morgan fingerprint density at radius 2 is 1.88 bits per heavy atom. The fraction of sp³-hybridized carbons (Fsp3) is 0.625. The monoisotopic (exact) mass is 360 g/mol. The highest BCUT2D eigenvalue weighted by molar-refractivity contribution is 5.84. The average molecular weight is 360 g/mol. The fourth-order valence-electron chi connectivity index (χ4n) is 3.41. The van der Waals surface area contributed by atoms with Gasteiger partial charge in [-0.25, -0.2) is 4.39 Å². The first kappa shape index (κ1) is 18.1. The van der Waals surface area contributed by atoms with Gasteiger partial charge in [0.1, 0.15) is 12.4 Å². The van der Waals surface area contributed by atoms with Gasteiger partial charge in [0.2, 0.25) is 5.91 Å². The minimum Gasteiger partial charge on any atom is -0.332 e. The van der Waals surface area contributed by atoms with E-state index in [4.69, 9.17) is 0 Å². The van der Waals surface area contributed by atoms with Crippen molar-refractivity contribution in [3.05, 3.63) is 29.8 Å². The van der Waals surface area contributed by atoms with Gasteiger partial charge in [0.05, 0.1) is 11.7 Å². The topological polar surface area (TPSA) is 39.7 Å². The summed E-state index contributed by atoms with van der Waals surface area (Å²) in [7, 11) is 0. The SMILES string of the molecule is O=C1C(N2CCN(Cc3ncccc3F)CC2)CCN1CC(F)(F)F. The molecule has 2 saturated heterocycles. The van der Waals surface area contributed by atoms with Crippen LogP contribution >= 0.6 is 0 Å². The van der Waals surface area contributed by atoms with Crippen LogP contribution in [0, 0.1) is 5.82 Å². The molecule has 0 saturated carbocycles. The Kier molecular flexibility index (Phi) is 5.24. The number of hydrogen-bond donors (Lipinski definition) is 0. The molecule has 138 valence electrons. The van der Waals surface area contributed by atoms with Crippen molar-refractivity contribution in [3.63, 3.8) is 0 Å². The number of pyridine rings is 1. The van der Waals surface area contributed by atoms with Gasteiger partial charge < -0.3 is 4.90 Å². The third-order valence-electron chi connectivity index (χ3n) is 4.70. The standard InChI is InChI=1S/C16H20F4N4O/c17-12-2-1-4-21-13(12)10-22-6-8-23(9-7-22)14-3-5-24(15(14)25)11-16(18,19)20/h1-2,4,14H,3,5-11H2. The van der Waals surface area contributed by atoms with Crippen molar-refractivity contribution in [2.45, 2.75) is 25.2 Å². The van der Waals surface area contributed by atoms with Crippen LogP contribution in [0.3, 0.4) is 0 Å². The summed E-state index contributed by atoms with van der Waals surface area (Å²) in [5, 5.41) is 0. The molecule has 25 heavy (non-hydrogen) atoms. The molecule has 1 amide bonds. The van der Waals surface area contributed by atoms with Crippen molar-refractivity contribution >= 4 is 5.91 Å². The van der Waals surface area contributed by atoms with E-state index < -0.39 is 24.7 Å². The predicted octanol–water partition coefficient (Wildman–Crippen LogP) is 1.50. The van der Waals surface area contributed by atoms with E-state index >= 15 is 0 Å². The molecule has 9 heteroatoms. The van der Waals surface area contributed by atoms with Crippen LogP contribution in [0.1, 0.15) is 12.1 Å². The van der Waals surface area contributed by atoms with Crippen molar-refractivity contribution in [1.82, 2.24) is 19.7 Å². The van der Waals surface area contributed by atoms with Gasteiger partial charge >= 0.3 is 6.18 Å². The smallest absolute Gasteiger partial charge is 0.332 e. The lowest BCUT2D eigenvalue weighted by atomic mass is 10.1. The summed E-state index contributed by atoms with van der Waals surface area (Å²) in [5.41, 5.74) is 0.379. The van der Waals surface area contributed by atoms with Gasteiger partial charge in [-0.2, -0.15) is 13.2 Å². The number of carbonyl (C=O) groups is 1. The van der Waals surface area contributed by atoms with E-state index in [1.807, 2.05) is 9.80 Å². The second-order valence-corrected chi connectivity index (χ2v) is 6.42. The molecule has 3 heterocycles. The van der Waals surface area contributed by atoms with Gasteiger partial charge in [-0.3, -0.25) is 19.6 Å². The lowest BCUT2D eigenvalue weighted by Crippen LogP contribution is -2.52. The molecule has 0 aliphatic carbocycles. The zero-order valence-electron chi connectivity index (χ0n) is 13.7. The summed E-state index contributed by atoms with van der Waals surface area (Å²) in [6.45, 7) is 1.75. The number of halogens is 4. The molecular weight excluding hydrogens is 340 g/mol. The number of aromatic nitrogens is 1. The summed E-state index contributed by atoms with van der Waals surface area (Å²) >= 11 is 0. The maximum Gasteiger partial charge on any atom is 0.406 e. The Hall–Kier alpha value is -1.74. The highest BCUT2D eigenvalue weighted by Crippen LogP contribution is 2.24. The van der Waals surface area contributed by atoms with E-state index in [0.29, 0.717) is 44.8 Å². The normalized spacial score (nSPS) is 23.4. The molecule has 1 aromatic rings. The predicted molar refractivity (Wildman–Crippen MR) is 82.1 cm³/mol. The number of likely N-dealkylation sites (tertiary alicyclic amines) is 1. The summed E-state index contributed by atoms with van der Waals surface area (Å²) < 4.78 is 51.1. The number of alkyl halides is 3. The van der Waals surface area contributed by atoms with E-state index in [1.165, 1.54) is 12.1 Å². The summed E-state index contributed by atoms with van der Waals surface area (Å²) in [6.07, 6.45) is -2.40. The second kappa shape index (κ2) is 7.25. The van der Waals surface area contributed by atoms with Crippen molar-refractivity contribution in [3.8, 4) is 0 Å². The zero-order chi connectivity index (χ0) is 18.0. The summed E-state index contributed by atoms with van der Waals surface area (Å²) in [5.74, 6) is -0.791. The summed E-state index contributed by atoms with van der Waals surface area (Å²) in [4.78, 5) is 21.1. The van der Waals surface area contributed by atoms with Crippen LogP contribution in [0.4, 0.5) is 17.6 Å². The second-order valence-electron chi connectivity index (χ2n) is 6.42. The lowest BCUT2D eigenvalue weighted by molar-refractivity contribution is -0.159. The Balaban J connectivity index is 1.51. The molecule has 1 unspecified atom stereocenters. The van der Waals surface area contributed by atoms with Gasteiger partial charge in [0, 0.05) is 45.5 Å². The van der Waals surface area contributed by atoms with E-state index in [0.717, 1.165) is 4.90 Å². The fourth-order valence-corrected chi connectivity index (χ4v) is 3.41. The molecule has 0 spiro atoms. The van der Waals surface area contributed by atoms with Crippen LogP contribution in [-0.4, -0.2) is 77.1 Å². The number of amides is 1. The average Bonchev–Trinajstić information content (AvgIpc) is 2.90. The minimum absolute atomic E-state index is 0.141. The van der Waals surface area contributed by atoms with Gasteiger partial charge in [-0.15, -0.1) is 0 Å². The van der Waals surface area contributed by atoms with E-state index in [-0.39, 0.29) is 12.4 Å². The molecule has 1 aromatic heterocycles. The van der Waals surface area contributed by atoms with Gasteiger partial charge in [-0.1, -0.05) is 0 Å². The minimum atomic E-state index is -4.37. The largest absolute Gasteiger partial charge is 0.406 e. The molecule has 0 radical (unpaired) electrons. The van der Waals surface area contributed by atoms with Crippen molar-refractivity contribution < 1.29 is 22.4 Å². The van der Waals surface area contributed by atoms with Gasteiger partial charge in [-0.05, 0) is 18.6 Å². The molecule has 0 aromatic carbocycles. The van der Waals surface area contributed by atoms with Gasteiger partial charge in [0.25, 0.3) is 0 Å². The molecule has 3 rings (SSSR count). The first-order valence-electron chi connectivity index (χ1n) is 8.25. The van der Waals surface area contributed by atoms with Crippen molar-refractivity contribution in [2.75, 3.05) is 39.3 Å². The van der Waals surface area contributed by atoms with Crippen LogP contribution in [0.2, 0.25) is 0 Å². The zero-order valence-corrected chi connectivity index (χ0v) is 13.7. The number of nitrogens with zero attached hydrogens (tertiary/aromatic N) is 4. The first-order chi connectivity index (χ1) is 11.8. The van der Waals surface area contributed by atoms with E-state index in [1.54, 1.807) is 6.20 Å². The highest BCUT2D eigenvalue weighted by Gasteiger charge is 2.41. The molecule has 0 N–H and O–H groups in total. The van der Waals surface area contributed by atoms with Crippen LogP contribution in [0.25, 0.3) is 0 Å². The Morgan fingerprint density at radius 1 is 1.16 bits per heavy atom. The quantitative estimate of drug-likeness (QED) is 0.763. The summed E-state index contributed by atoms with van der Waals surface area (Å²) in [6, 6.07) is 2.43. The maximum absolute atomic E-state index is 13.7. The first-order valence-corrected chi connectivity index (χ1v) is 8.25. The Labute approximate surface area is 143 Å². The Bertz CT molecular complexity index is 616. The third-order valence-corrected chi connectivity index (χ3v) is 4.70. The number of rotatable bonds is 4. The lowest BCUT2D eigenvalue weighted by Gasteiger charge is -2.37. The Morgan fingerprint density at radius 3 is 2.52 bits per heavy atom. The van der Waals surface area contributed by atoms with E-state index in [2.05, 4.69) is 4.98 Å². The van der Waals surface area contributed by atoms with Crippen LogP contribution < -0.4 is 0 Å². The molecular formula is C16H20F4N4O.